The van der Waals surface area contributed by atoms with Crippen molar-refractivity contribution in [3.8, 4) is 5.75 Å². The first-order valence-electron chi connectivity index (χ1n) is 9.67. The van der Waals surface area contributed by atoms with Gasteiger partial charge in [0.05, 0.1) is 30.2 Å². The van der Waals surface area contributed by atoms with Crippen molar-refractivity contribution in [3.63, 3.8) is 0 Å². The fourth-order valence-electron chi connectivity index (χ4n) is 3.37. The van der Waals surface area contributed by atoms with Crippen LogP contribution in [0.5, 0.6) is 5.75 Å². The van der Waals surface area contributed by atoms with Gasteiger partial charge < -0.3 is 15.4 Å². The van der Waals surface area contributed by atoms with E-state index in [9.17, 15) is 18.0 Å². The minimum Gasteiger partial charge on any atom is -0.495 e. The number of para-hydroxylation sites is 2. The van der Waals surface area contributed by atoms with Crippen LogP contribution in [0.3, 0.4) is 0 Å². The summed E-state index contributed by atoms with van der Waals surface area (Å²) in [6, 6.07) is 15.1. The Morgan fingerprint density at radius 1 is 1.10 bits per heavy atom. The molecule has 1 atom stereocenters. The number of carbonyl (C=O) groups excluding carboxylic acids is 2. The van der Waals surface area contributed by atoms with E-state index in [1.165, 1.54) is 11.4 Å². The number of methoxy groups -OCH3 is 1. The van der Waals surface area contributed by atoms with Crippen molar-refractivity contribution in [1.29, 1.82) is 0 Å². The third-order valence-electron chi connectivity index (χ3n) is 4.94. The molecule has 2 N–H and O–H groups in total. The predicted molar refractivity (Wildman–Crippen MR) is 113 cm³/mol. The molecule has 0 aliphatic carbocycles. The maximum atomic E-state index is 12.8. The molecule has 30 heavy (non-hydrogen) atoms. The highest BCUT2D eigenvalue weighted by molar-refractivity contribution is 7.89. The number of nitrogens with one attached hydrogen (secondary N) is 2. The Morgan fingerprint density at radius 3 is 2.53 bits per heavy atom. The lowest BCUT2D eigenvalue weighted by atomic mass is 9.99. The maximum Gasteiger partial charge on any atom is 0.243 e. The Balaban J connectivity index is 1.56. The molecule has 1 fully saturated rings. The molecule has 0 unspecified atom stereocenters. The summed E-state index contributed by atoms with van der Waals surface area (Å²) < 4.78 is 32.1. The number of anilines is 1. The predicted octanol–water partition coefficient (Wildman–Crippen LogP) is 1.85. The summed E-state index contributed by atoms with van der Waals surface area (Å²) in [5, 5.41) is 5.30. The van der Waals surface area contributed by atoms with E-state index >= 15 is 0 Å². The smallest absolute Gasteiger partial charge is 0.243 e. The average Bonchev–Trinajstić information content (AvgIpc) is 2.78. The molecule has 0 aromatic heterocycles. The van der Waals surface area contributed by atoms with Gasteiger partial charge in [0.25, 0.3) is 0 Å². The van der Waals surface area contributed by atoms with Gasteiger partial charge >= 0.3 is 0 Å². The highest BCUT2D eigenvalue weighted by atomic mass is 32.2. The second-order valence-corrected chi connectivity index (χ2v) is 8.92. The van der Waals surface area contributed by atoms with Crippen molar-refractivity contribution in [1.82, 2.24) is 9.62 Å². The minimum absolute atomic E-state index is 0.0944. The largest absolute Gasteiger partial charge is 0.495 e. The van der Waals surface area contributed by atoms with Gasteiger partial charge in [0, 0.05) is 13.1 Å². The number of benzene rings is 2. The fourth-order valence-corrected chi connectivity index (χ4v) is 4.92. The second kappa shape index (κ2) is 9.73. The van der Waals surface area contributed by atoms with Crippen LogP contribution in [0.1, 0.15) is 12.8 Å². The van der Waals surface area contributed by atoms with Crippen LogP contribution in [0.2, 0.25) is 0 Å². The summed E-state index contributed by atoms with van der Waals surface area (Å²) in [6.07, 6.45) is 1.15. The van der Waals surface area contributed by atoms with E-state index in [1.54, 1.807) is 54.6 Å². The number of carbonyl (C=O) groups is 2. The number of nitrogens with zero attached hydrogens (tertiary/aromatic N) is 1. The van der Waals surface area contributed by atoms with E-state index in [1.807, 2.05) is 0 Å². The number of hydrogen-bond acceptors (Lipinski definition) is 5. The lowest BCUT2D eigenvalue weighted by molar-refractivity contribution is -0.128. The molecule has 1 saturated heterocycles. The molecule has 1 aliphatic heterocycles. The van der Waals surface area contributed by atoms with Crippen molar-refractivity contribution in [2.45, 2.75) is 17.7 Å². The zero-order valence-electron chi connectivity index (χ0n) is 16.7. The van der Waals surface area contributed by atoms with Gasteiger partial charge in [-0.05, 0) is 37.1 Å². The topological polar surface area (TPSA) is 105 Å². The van der Waals surface area contributed by atoms with Crippen molar-refractivity contribution in [3.05, 3.63) is 54.6 Å². The molecule has 160 valence electrons. The minimum atomic E-state index is -3.65. The van der Waals surface area contributed by atoms with Gasteiger partial charge in [0.2, 0.25) is 21.8 Å². The third kappa shape index (κ3) is 5.17. The third-order valence-corrected chi connectivity index (χ3v) is 6.82. The molecule has 0 spiro atoms. The van der Waals surface area contributed by atoms with Gasteiger partial charge in [0.15, 0.2) is 0 Å². The van der Waals surface area contributed by atoms with E-state index in [4.69, 9.17) is 4.74 Å². The van der Waals surface area contributed by atoms with Crippen LogP contribution in [-0.4, -0.2) is 51.3 Å². The van der Waals surface area contributed by atoms with Gasteiger partial charge in [-0.3, -0.25) is 9.59 Å². The summed E-state index contributed by atoms with van der Waals surface area (Å²) in [4.78, 5) is 24.9. The Kier molecular flexibility index (Phi) is 7.07. The SMILES string of the molecule is COc1ccccc1NC(=O)CNC(=O)[C@@H]1CCCN(S(=O)(=O)c2ccccc2)C1. The summed E-state index contributed by atoms with van der Waals surface area (Å²) in [7, 11) is -2.14. The first kappa shape index (κ1) is 21.8. The van der Waals surface area contributed by atoms with Gasteiger partial charge in [-0.25, -0.2) is 8.42 Å². The van der Waals surface area contributed by atoms with Crippen molar-refractivity contribution < 1.29 is 22.7 Å². The van der Waals surface area contributed by atoms with E-state index in [-0.39, 0.29) is 23.9 Å². The number of sulfonamides is 1. The van der Waals surface area contributed by atoms with Crippen LogP contribution in [0.15, 0.2) is 59.5 Å². The quantitative estimate of drug-likeness (QED) is 0.696. The molecular formula is C21H25N3O5S. The summed E-state index contributed by atoms with van der Waals surface area (Å²) in [5.74, 6) is -0.710. The Hall–Kier alpha value is -2.91. The summed E-state index contributed by atoms with van der Waals surface area (Å²) in [6.45, 7) is 0.255. The zero-order valence-corrected chi connectivity index (χ0v) is 17.5. The normalized spacial score (nSPS) is 17.2. The molecule has 2 aromatic rings. The fraction of sp³-hybridized carbons (Fsp3) is 0.333. The van der Waals surface area contributed by atoms with Crippen molar-refractivity contribution in [2.75, 3.05) is 32.1 Å². The molecule has 1 aliphatic rings. The van der Waals surface area contributed by atoms with E-state index < -0.39 is 21.8 Å². The van der Waals surface area contributed by atoms with Crippen LogP contribution in [-0.2, 0) is 19.6 Å². The lowest BCUT2D eigenvalue weighted by Gasteiger charge is -2.31. The van der Waals surface area contributed by atoms with Gasteiger partial charge in [-0.1, -0.05) is 30.3 Å². The molecule has 0 saturated carbocycles. The summed E-state index contributed by atoms with van der Waals surface area (Å²) in [5.41, 5.74) is 0.511. The molecule has 1 heterocycles. The molecule has 2 aromatic carbocycles. The Labute approximate surface area is 176 Å². The first-order valence-corrected chi connectivity index (χ1v) is 11.1. The monoisotopic (exact) mass is 431 g/mol. The molecule has 0 radical (unpaired) electrons. The van der Waals surface area contributed by atoms with E-state index in [0.717, 1.165) is 0 Å². The highest BCUT2D eigenvalue weighted by Gasteiger charge is 2.33. The standard InChI is InChI=1S/C21H25N3O5S/c1-29-19-12-6-5-11-18(19)23-20(25)14-22-21(26)16-8-7-13-24(15-16)30(27,28)17-9-3-2-4-10-17/h2-6,9-12,16H,7-8,13-15H2,1H3,(H,22,26)(H,23,25)/t16-/m1/s1. The van der Waals surface area contributed by atoms with Crippen LogP contribution < -0.4 is 15.4 Å². The van der Waals surface area contributed by atoms with Crippen LogP contribution in [0.4, 0.5) is 5.69 Å². The lowest BCUT2D eigenvalue weighted by Crippen LogP contribution is -2.46. The summed E-state index contributed by atoms with van der Waals surface area (Å²) >= 11 is 0. The van der Waals surface area contributed by atoms with Crippen LogP contribution in [0.25, 0.3) is 0 Å². The van der Waals surface area contributed by atoms with Crippen LogP contribution >= 0.6 is 0 Å². The zero-order chi connectivity index (χ0) is 21.6. The van der Waals surface area contributed by atoms with E-state index in [2.05, 4.69) is 10.6 Å². The van der Waals surface area contributed by atoms with Crippen molar-refractivity contribution >= 4 is 27.5 Å². The Bertz CT molecular complexity index is 995. The number of ether oxygens (including phenoxy) is 1. The molecule has 0 bridgehead atoms. The average molecular weight is 432 g/mol. The second-order valence-electron chi connectivity index (χ2n) is 6.98. The van der Waals surface area contributed by atoms with Crippen molar-refractivity contribution in [2.24, 2.45) is 5.92 Å². The first-order chi connectivity index (χ1) is 14.4. The van der Waals surface area contributed by atoms with Gasteiger partial charge in [0.1, 0.15) is 5.75 Å². The number of hydrogen-bond donors (Lipinski definition) is 2. The molecule has 8 nitrogen and oxygen atoms in total. The van der Waals surface area contributed by atoms with Gasteiger partial charge in [-0.2, -0.15) is 4.31 Å². The van der Waals surface area contributed by atoms with Gasteiger partial charge in [-0.15, -0.1) is 0 Å². The maximum absolute atomic E-state index is 12.8. The molecular weight excluding hydrogens is 406 g/mol. The highest BCUT2D eigenvalue weighted by Crippen LogP contribution is 2.24. The Morgan fingerprint density at radius 2 is 1.80 bits per heavy atom. The van der Waals surface area contributed by atoms with Crippen LogP contribution in [0, 0.1) is 5.92 Å². The molecule has 2 amide bonds. The number of piperidine rings is 1. The number of rotatable bonds is 7. The molecule has 3 rings (SSSR count). The van der Waals surface area contributed by atoms with E-state index in [0.29, 0.717) is 30.8 Å². The number of amides is 2. The molecule has 9 heteroatoms.